The second-order valence-corrected chi connectivity index (χ2v) is 4.34. The lowest BCUT2D eigenvalue weighted by molar-refractivity contribution is 0.0921. The fourth-order valence-electron chi connectivity index (χ4n) is 1.81. The van der Waals surface area contributed by atoms with E-state index in [1.807, 2.05) is 6.92 Å². The largest absolute Gasteiger partial charge is 0.497 e. The summed E-state index contributed by atoms with van der Waals surface area (Å²) in [5.74, 6) is 2.06. The molecule has 21 heavy (non-hydrogen) atoms. The summed E-state index contributed by atoms with van der Waals surface area (Å²) in [5.41, 5.74) is 0.604. The lowest BCUT2D eigenvalue weighted by Gasteiger charge is -2.07. The van der Waals surface area contributed by atoms with Crippen molar-refractivity contribution in [1.29, 1.82) is 0 Å². The molecular weight excluding hydrogens is 268 g/mol. The van der Waals surface area contributed by atoms with Gasteiger partial charge in [0, 0.05) is 5.56 Å². The molecule has 0 spiro atoms. The number of rotatable bonds is 7. The molecule has 0 atom stereocenters. The fraction of sp³-hybridized carbons (Fsp3) is 0.235. The zero-order valence-electron chi connectivity index (χ0n) is 12.2. The van der Waals surface area contributed by atoms with Crippen molar-refractivity contribution in [2.45, 2.75) is 6.92 Å². The van der Waals surface area contributed by atoms with E-state index in [0.717, 1.165) is 11.5 Å². The van der Waals surface area contributed by atoms with Crippen LogP contribution >= 0.6 is 0 Å². The van der Waals surface area contributed by atoms with Crippen LogP contribution in [0.25, 0.3) is 0 Å². The second-order valence-electron chi connectivity index (χ2n) is 4.34. The molecule has 0 saturated carbocycles. The second kappa shape index (κ2) is 7.33. The van der Waals surface area contributed by atoms with Crippen molar-refractivity contribution < 1.29 is 19.0 Å². The molecule has 0 radical (unpaired) electrons. The Labute approximate surface area is 124 Å². The number of benzene rings is 2. The van der Waals surface area contributed by atoms with Crippen molar-refractivity contribution >= 4 is 5.78 Å². The first kappa shape index (κ1) is 14.9. The van der Waals surface area contributed by atoms with Crippen LogP contribution < -0.4 is 14.2 Å². The zero-order chi connectivity index (χ0) is 15.1. The first-order valence-electron chi connectivity index (χ1n) is 6.76. The molecule has 0 unspecified atom stereocenters. The number of hydrogen-bond donors (Lipinski definition) is 0. The van der Waals surface area contributed by atoms with Crippen molar-refractivity contribution in [3.63, 3.8) is 0 Å². The van der Waals surface area contributed by atoms with E-state index >= 15 is 0 Å². The van der Waals surface area contributed by atoms with Crippen molar-refractivity contribution in [2.75, 3.05) is 20.3 Å². The summed E-state index contributed by atoms with van der Waals surface area (Å²) < 4.78 is 15.9. The Hall–Kier alpha value is -2.49. The maximum absolute atomic E-state index is 12.0. The maximum atomic E-state index is 12.0. The number of carbonyl (C=O) groups excluding carboxylic acids is 1. The number of hydrogen-bond acceptors (Lipinski definition) is 4. The van der Waals surface area contributed by atoms with Gasteiger partial charge in [-0.15, -0.1) is 0 Å². The van der Waals surface area contributed by atoms with Crippen LogP contribution in [0.15, 0.2) is 48.5 Å². The maximum Gasteiger partial charge on any atom is 0.200 e. The number of methoxy groups -OCH3 is 1. The molecule has 0 N–H and O–H groups in total. The van der Waals surface area contributed by atoms with Crippen LogP contribution in [0, 0.1) is 0 Å². The van der Waals surface area contributed by atoms with Gasteiger partial charge in [-0.2, -0.15) is 0 Å². The molecule has 0 fully saturated rings. The van der Waals surface area contributed by atoms with Gasteiger partial charge in [-0.3, -0.25) is 4.79 Å². The van der Waals surface area contributed by atoms with Gasteiger partial charge in [0.1, 0.15) is 17.2 Å². The minimum atomic E-state index is -0.0751. The molecule has 0 aliphatic carbocycles. The van der Waals surface area contributed by atoms with E-state index < -0.39 is 0 Å². The first-order valence-corrected chi connectivity index (χ1v) is 6.76. The molecule has 2 aromatic rings. The molecule has 0 aromatic heterocycles. The minimum Gasteiger partial charge on any atom is -0.497 e. The third-order valence-corrected chi connectivity index (χ3v) is 2.92. The van der Waals surface area contributed by atoms with Gasteiger partial charge < -0.3 is 14.2 Å². The summed E-state index contributed by atoms with van der Waals surface area (Å²) in [6.07, 6.45) is 0. The third-order valence-electron chi connectivity index (χ3n) is 2.92. The van der Waals surface area contributed by atoms with Gasteiger partial charge in [0.2, 0.25) is 0 Å². The molecule has 0 amide bonds. The Morgan fingerprint density at radius 2 is 1.38 bits per heavy atom. The van der Waals surface area contributed by atoms with Crippen LogP contribution in [-0.4, -0.2) is 26.1 Å². The number of ether oxygens (including phenoxy) is 3. The smallest absolute Gasteiger partial charge is 0.200 e. The van der Waals surface area contributed by atoms with E-state index in [2.05, 4.69) is 0 Å². The zero-order valence-corrected chi connectivity index (χ0v) is 12.2. The van der Waals surface area contributed by atoms with Gasteiger partial charge in [0.05, 0.1) is 13.7 Å². The van der Waals surface area contributed by atoms with Crippen molar-refractivity contribution in [3.05, 3.63) is 54.1 Å². The number of Topliss-reactive ketones (excluding diaryl/α,β-unsaturated/α-hetero) is 1. The van der Waals surface area contributed by atoms with Crippen molar-refractivity contribution in [3.8, 4) is 17.2 Å². The Morgan fingerprint density at radius 1 is 0.857 bits per heavy atom. The van der Waals surface area contributed by atoms with Crippen LogP contribution in [-0.2, 0) is 0 Å². The molecule has 0 aliphatic rings. The van der Waals surface area contributed by atoms with E-state index in [1.54, 1.807) is 55.6 Å². The molecule has 0 aliphatic heterocycles. The summed E-state index contributed by atoms with van der Waals surface area (Å²) in [6.45, 7) is 2.52. The average molecular weight is 286 g/mol. The van der Waals surface area contributed by atoms with Crippen LogP contribution in [0.5, 0.6) is 17.2 Å². The van der Waals surface area contributed by atoms with Crippen LogP contribution in [0.4, 0.5) is 0 Å². The fourth-order valence-corrected chi connectivity index (χ4v) is 1.81. The van der Waals surface area contributed by atoms with E-state index in [-0.39, 0.29) is 12.4 Å². The van der Waals surface area contributed by atoms with E-state index in [4.69, 9.17) is 14.2 Å². The standard InChI is InChI=1S/C17H18O4/c1-3-20-15-6-4-13(5-7-15)17(18)12-21-16-10-8-14(19-2)9-11-16/h4-11H,3,12H2,1-2H3. The lowest BCUT2D eigenvalue weighted by atomic mass is 10.1. The molecule has 4 nitrogen and oxygen atoms in total. The Kier molecular flexibility index (Phi) is 5.21. The summed E-state index contributed by atoms with van der Waals surface area (Å²) >= 11 is 0. The van der Waals surface area contributed by atoms with Gasteiger partial charge in [0.25, 0.3) is 0 Å². The van der Waals surface area contributed by atoms with Gasteiger partial charge >= 0.3 is 0 Å². The monoisotopic (exact) mass is 286 g/mol. The van der Waals surface area contributed by atoms with Gasteiger partial charge in [-0.1, -0.05) is 0 Å². The van der Waals surface area contributed by atoms with Crippen molar-refractivity contribution in [2.24, 2.45) is 0 Å². The predicted octanol–water partition coefficient (Wildman–Crippen LogP) is 3.36. The highest BCUT2D eigenvalue weighted by Crippen LogP contribution is 2.17. The topological polar surface area (TPSA) is 44.8 Å². The quantitative estimate of drug-likeness (QED) is 0.732. The van der Waals surface area contributed by atoms with E-state index in [0.29, 0.717) is 17.9 Å². The number of carbonyl (C=O) groups is 1. The van der Waals surface area contributed by atoms with Crippen LogP contribution in [0.1, 0.15) is 17.3 Å². The highest BCUT2D eigenvalue weighted by Gasteiger charge is 2.07. The molecule has 4 heteroatoms. The molecule has 0 heterocycles. The molecule has 2 rings (SSSR count). The lowest BCUT2D eigenvalue weighted by Crippen LogP contribution is -2.11. The van der Waals surface area contributed by atoms with Crippen LogP contribution in [0.3, 0.4) is 0 Å². The summed E-state index contributed by atoms with van der Waals surface area (Å²) in [4.78, 5) is 12.0. The molecule has 2 aromatic carbocycles. The normalized spacial score (nSPS) is 10.0. The molecule has 0 bridgehead atoms. The van der Waals surface area contributed by atoms with Crippen LogP contribution in [0.2, 0.25) is 0 Å². The first-order chi connectivity index (χ1) is 10.2. The summed E-state index contributed by atoms with van der Waals surface area (Å²) in [6, 6.07) is 14.2. The predicted molar refractivity (Wildman–Crippen MR) is 80.4 cm³/mol. The highest BCUT2D eigenvalue weighted by molar-refractivity contribution is 5.97. The molecule has 110 valence electrons. The number of ketones is 1. The van der Waals surface area contributed by atoms with Gasteiger partial charge in [0.15, 0.2) is 12.4 Å². The third kappa shape index (κ3) is 4.24. The Morgan fingerprint density at radius 3 is 1.95 bits per heavy atom. The SMILES string of the molecule is CCOc1ccc(C(=O)COc2ccc(OC)cc2)cc1. The highest BCUT2D eigenvalue weighted by atomic mass is 16.5. The van der Waals surface area contributed by atoms with Gasteiger partial charge in [-0.05, 0) is 55.5 Å². The Bertz CT molecular complexity index is 573. The average Bonchev–Trinajstić information content (AvgIpc) is 2.54. The van der Waals surface area contributed by atoms with E-state index in [9.17, 15) is 4.79 Å². The molecular formula is C17H18O4. The summed E-state index contributed by atoms with van der Waals surface area (Å²) in [5, 5.41) is 0. The van der Waals surface area contributed by atoms with Crippen molar-refractivity contribution in [1.82, 2.24) is 0 Å². The van der Waals surface area contributed by atoms with E-state index in [1.165, 1.54) is 0 Å². The van der Waals surface area contributed by atoms with Gasteiger partial charge in [-0.25, -0.2) is 0 Å². The molecule has 0 saturated heterocycles. The minimum absolute atomic E-state index is 0.000308. The summed E-state index contributed by atoms with van der Waals surface area (Å²) in [7, 11) is 1.60. The Balaban J connectivity index is 1.91.